The topological polar surface area (TPSA) is 48.0 Å². The molecule has 2 aromatic carbocycles. The van der Waals surface area contributed by atoms with E-state index in [1.165, 1.54) is 5.56 Å². The van der Waals surface area contributed by atoms with Crippen LogP contribution < -0.4 is 9.47 Å². The Morgan fingerprint density at radius 2 is 1.60 bits per heavy atom. The Kier molecular flexibility index (Phi) is 9.24. The van der Waals surface area contributed by atoms with Crippen molar-refractivity contribution in [3.05, 3.63) is 59.7 Å². The smallest absolute Gasteiger partial charge is 0.409 e. The van der Waals surface area contributed by atoms with Crippen molar-refractivity contribution in [3.63, 3.8) is 0 Å². The molecule has 30 heavy (non-hydrogen) atoms. The highest BCUT2D eigenvalue weighted by Crippen LogP contribution is 2.28. The van der Waals surface area contributed by atoms with Gasteiger partial charge in [-0.05, 0) is 42.5 Å². The number of hydrogen-bond donors (Lipinski definition) is 0. The van der Waals surface area contributed by atoms with E-state index < -0.39 is 8.07 Å². The molecule has 0 radical (unpaired) electrons. The van der Waals surface area contributed by atoms with Crippen molar-refractivity contribution in [2.45, 2.75) is 45.5 Å². The molecule has 0 fully saturated rings. The third-order valence-electron chi connectivity index (χ3n) is 4.72. The molecule has 0 bridgehead atoms. The predicted molar refractivity (Wildman–Crippen MR) is 124 cm³/mol. The van der Waals surface area contributed by atoms with Gasteiger partial charge in [0.25, 0.3) is 0 Å². The van der Waals surface area contributed by atoms with E-state index in [1.54, 1.807) is 14.2 Å². The fourth-order valence-corrected chi connectivity index (χ4v) is 4.72. The minimum Gasteiger partial charge on any atom is -0.493 e. The molecule has 2 aromatic rings. The molecule has 0 aliphatic heterocycles. The van der Waals surface area contributed by atoms with Crippen molar-refractivity contribution in [1.29, 1.82) is 0 Å². The molecule has 0 saturated heterocycles. The van der Waals surface area contributed by atoms with Gasteiger partial charge in [-0.1, -0.05) is 56.0 Å². The number of ether oxygens (including phenoxy) is 3. The molecule has 2 rings (SSSR count). The first kappa shape index (κ1) is 23.8. The zero-order valence-electron chi connectivity index (χ0n) is 18.9. The molecule has 0 aliphatic rings. The number of benzene rings is 2. The summed E-state index contributed by atoms with van der Waals surface area (Å²) >= 11 is 0. The first-order valence-corrected chi connectivity index (χ1v) is 14.2. The van der Waals surface area contributed by atoms with E-state index >= 15 is 0 Å². The highest BCUT2D eigenvalue weighted by Gasteiger charge is 2.23. The number of unbranched alkanes of at least 4 members (excludes halogenated alkanes) is 1. The normalized spacial score (nSPS) is 11.1. The van der Waals surface area contributed by atoms with Crippen molar-refractivity contribution in [2.75, 3.05) is 26.9 Å². The average molecular weight is 430 g/mol. The summed E-state index contributed by atoms with van der Waals surface area (Å²) in [5, 5.41) is 0. The van der Waals surface area contributed by atoms with Crippen LogP contribution in [0.4, 0.5) is 4.79 Å². The van der Waals surface area contributed by atoms with Crippen LogP contribution in [-0.4, -0.2) is 46.0 Å². The van der Waals surface area contributed by atoms with E-state index in [-0.39, 0.29) is 6.09 Å². The monoisotopic (exact) mass is 429 g/mol. The molecular weight excluding hydrogens is 394 g/mol. The number of nitrogens with zero attached hydrogens (tertiary/aromatic N) is 1. The lowest BCUT2D eigenvalue weighted by atomic mass is 10.1. The average Bonchev–Trinajstić information content (AvgIpc) is 2.73. The number of carbonyl (C=O) groups is 1. The van der Waals surface area contributed by atoms with Gasteiger partial charge in [0, 0.05) is 12.7 Å². The van der Waals surface area contributed by atoms with Crippen molar-refractivity contribution in [2.24, 2.45) is 0 Å². The molecular formula is C24H35NO4Si. The molecule has 0 aromatic heterocycles. The van der Waals surface area contributed by atoms with Crippen molar-refractivity contribution < 1.29 is 19.0 Å². The van der Waals surface area contributed by atoms with Crippen LogP contribution in [0.25, 0.3) is 0 Å². The fraction of sp³-hybridized carbons (Fsp3) is 0.458. The molecule has 164 valence electrons. The number of rotatable bonds is 11. The van der Waals surface area contributed by atoms with Gasteiger partial charge in [-0.3, -0.25) is 0 Å². The molecule has 6 heteroatoms. The lowest BCUT2D eigenvalue weighted by Crippen LogP contribution is -2.44. The maximum absolute atomic E-state index is 12.7. The van der Waals surface area contributed by atoms with Crippen LogP contribution >= 0.6 is 0 Å². The van der Waals surface area contributed by atoms with E-state index in [1.807, 2.05) is 47.4 Å². The maximum atomic E-state index is 12.7. The minimum absolute atomic E-state index is 0.215. The summed E-state index contributed by atoms with van der Waals surface area (Å²) in [4.78, 5) is 14.6. The first-order chi connectivity index (χ1) is 14.3. The van der Waals surface area contributed by atoms with Crippen molar-refractivity contribution in [1.82, 2.24) is 4.90 Å². The van der Waals surface area contributed by atoms with Crippen LogP contribution in [0, 0.1) is 0 Å². The fourth-order valence-electron chi connectivity index (χ4n) is 3.29. The van der Waals surface area contributed by atoms with Gasteiger partial charge < -0.3 is 19.1 Å². The van der Waals surface area contributed by atoms with Crippen molar-refractivity contribution in [3.8, 4) is 11.5 Å². The van der Waals surface area contributed by atoms with Gasteiger partial charge in [-0.15, -0.1) is 0 Å². The summed E-state index contributed by atoms with van der Waals surface area (Å²) in [6.07, 6.45) is 3.44. The van der Waals surface area contributed by atoms with Gasteiger partial charge in [0.1, 0.15) is 6.61 Å². The van der Waals surface area contributed by atoms with E-state index in [0.717, 1.165) is 42.5 Å². The third kappa shape index (κ3) is 8.11. The second kappa shape index (κ2) is 11.6. The number of carbonyl (C=O) groups excluding carboxylic acids is 1. The molecule has 0 atom stereocenters. The Bertz CT molecular complexity index is 790. The number of amides is 1. The molecule has 0 heterocycles. The molecule has 0 aliphatic carbocycles. The Hall–Kier alpha value is -2.47. The summed E-state index contributed by atoms with van der Waals surface area (Å²) in [7, 11) is 1.85. The highest BCUT2D eigenvalue weighted by molar-refractivity contribution is 6.76. The SMILES string of the molecule is COc1ccc(CCCCN(C[Si](C)(C)C)C(=O)OCc2ccccc2)cc1OC. The Morgan fingerprint density at radius 3 is 2.23 bits per heavy atom. The zero-order valence-corrected chi connectivity index (χ0v) is 19.9. The van der Waals surface area contributed by atoms with E-state index in [9.17, 15) is 4.79 Å². The maximum Gasteiger partial charge on any atom is 0.409 e. The lowest BCUT2D eigenvalue weighted by molar-refractivity contribution is 0.101. The highest BCUT2D eigenvalue weighted by atomic mass is 28.3. The van der Waals surface area contributed by atoms with Crippen LogP contribution in [0.1, 0.15) is 24.0 Å². The Labute approximate surface area is 182 Å². The van der Waals surface area contributed by atoms with Gasteiger partial charge in [-0.2, -0.15) is 0 Å². The molecule has 5 nitrogen and oxygen atoms in total. The molecule has 0 N–H and O–H groups in total. The number of methoxy groups -OCH3 is 2. The van der Waals surface area contributed by atoms with Gasteiger partial charge in [0.05, 0.1) is 22.3 Å². The molecule has 1 amide bonds. The van der Waals surface area contributed by atoms with E-state index in [2.05, 4.69) is 25.7 Å². The second-order valence-electron chi connectivity index (χ2n) is 8.67. The van der Waals surface area contributed by atoms with Gasteiger partial charge >= 0.3 is 6.09 Å². The molecule has 0 saturated carbocycles. The first-order valence-electron chi connectivity index (χ1n) is 10.5. The largest absolute Gasteiger partial charge is 0.493 e. The van der Waals surface area contributed by atoms with Crippen LogP contribution in [0.5, 0.6) is 11.5 Å². The minimum atomic E-state index is -1.44. The van der Waals surface area contributed by atoms with Crippen molar-refractivity contribution >= 4 is 14.2 Å². The summed E-state index contributed by atoms with van der Waals surface area (Å²) in [6.45, 7) is 7.84. The Morgan fingerprint density at radius 1 is 0.900 bits per heavy atom. The van der Waals surface area contributed by atoms with Crippen LogP contribution in [0.15, 0.2) is 48.5 Å². The summed E-state index contributed by atoms with van der Waals surface area (Å²) in [5.74, 6) is 1.49. The van der Waals surface area contributed by atoms with Crippen LogP contribution in [0.2, 0.25) is 19.6 Å². The van der Waals surface area contributed by atoms with E-state index in [0.29, 0.717) is 13.2 Å². The number of aryl methyl sites for hydroxylation is 1. The lowest BCUT2D eigenvalue weighted by Gasteiger charge is -2.28. The molecule has 0 unspecified atom stereocenters. The summed E-state index contributed by atoms with van der Waals surface area (Å²) < 4.78 is 16.3. The van der Waals surface area contributed by atoms with Gasteiger partial charge in [-0.25, -0.2) is 4.79 Å². The summed E-state index contributed by atoms with van der Waals surface area (Å²) in [5.41, 5.74) is 2.21. The van der Waals surface area contributed by atoms with Crippen LogP contribution in [0.3, 0.4) is 0 Å². The quantitative estimate of drug-likeness (QED) is 0.347. The Balaban J connectivity index is 1.87. The predicted octanol–water partition coefficient (Wildman–Crippen LogP) is 5.54. The number of hydrogen-bond acceptors (Lipinski definition) is 4. The zero-order chi connectivity index (χ0) is 22.0. The third-order valence-corrected chi connectivity index (χ3v) is 6.05. The second-order valence-corrected chi connectivity index (χ2v) is 14.1. The van der Waals surface area contributed by atoms with Gasteiger partial charge in [0.2, 0.25) is 0 Å². The van der Waals surface area contributed by atoms with Gasteiger partial charge in [0.15, 0.2) is 11.5 Å². The van der Waals surface area contributed by atoms with Crippen LogP contribution in [-0.2, 0) is 17.8 Å². The summed E-state index contributed by atoms with van der Waals surface area (Å²) in [6, 6.07) is 15.8. The molecule has 0 spiro atoms. The van der Waals surface area contributed by atoms with E-state index in [4.69, 9.17) is 14.2 Å². The standard InChI is InChI=1S/C24H35NO4Si/c1-27-22-15-14-20(17-23(22)28-2)11-9-10-16-25(19-30(3,4)5)24(26)29-18-21-12-7-6-8-13-21/h6-8,12-15,17H,9-11,16,18-19H2,1-5H3.